The van der Waals surface area contributed by atoms with Gasteiger partial charge in [-0.3, -0.25) is 9.89 Å². The molecule has 0 bridgehead atoms. The van der Waals surface area contributed by atoms with Gasteiger partial charge in [0.1, 0.15) is 5.69 Å². The number of aliphatic carboxylic acids is 1. The molecule has 0 spiro atoms. The number of carbonyl (C=O) groups is 2. The van der Waals surface area contributed by atoms with Gasteiger partial charge in [0, 0.05) is 12.7 Å². The van der Waals surface area contributed by atoms with Crippen molar-refractivity contribution in [2.24, 2.45) is 0 Å². The molecular weight excluding hydrogens is 415 g/mol. The van der Waals surface area contributed by atoms with Crippen LogP contribution in [0.25, 0.3) is 11.0 Å². The molecule has 0 aliphatic rings. The molecule has 0 fully saturated rings. The fourth-order valence-corrected chi connectivity index (χ4v) is 2.65. The number of hydrogen-bond donors (Lipinski definition) is 3. The number of carboxylic acids is 1. The highest BCUT2D eigenvalue weighted by Crippen LogP contribution is 2.18. The minimum absolute atomic E-state index is 0.108. The van der Waals surface area contributed by atoms with Crippen LogP contribution in [0.5, 0.6) is 0 Å². The average Bonchev–Trinajstić information content (AvgIpc) is 3.12. The van der Waals surface area contributed by atoms with Crippen molar-refractivity contribution in [2.45, 2.75) is 19.1 Å². The molecule has 2 aromatic heterocycles. The van der Waals surface area contributed by atoms with Gasteiger partial charge in [0.2, 0.25) is 0 Å². The third-order valence-electron chi connectivity index (χ3n) is 4.13. The van der Waals surface area contributed by atoms with Gasteiger partial charge in [0.25, 0.3) is 5.91 Å². The lowest BCUT2D eigenvalue weighted by atomic mass is 10.0. The van der Waals surface area contributed by atoms with Crippen molar-refractivity contribution in [3.8, 4) is 0 Å². The van der Waals surface area contributed by atoms with Gasteiger partial charge < -0.3 is 15.3 Å². The molecule has 11 heteroatoms. The molecular formula is C20H22F3N5O3. The van der Waals surface area contributed by atoms with Crippen molar-refractivity contribution < 1.29 is 27.9 Å². The summed E-state index contributed by atoms with van der Waals surface area (Å²) in [5.41, 5.74) is 3.25. The molecule has 0 saturated heterocycles. The van der Waals surface area contributed by atoms with Gasteiger partial charge in [0.05, 0.1) is 11.4 Å². The van der Waals surface area contributed by atoms with E-state index in [4.69, 9.17) is 9.90 Å². The minimum Gasteiger partial charge on any atom is -0.475 e. The number of aromatic nitrogens is 3. The number of carboxylic acid groups (broad SMARTS) is 1. The number of carbonyl (C=O) groups excluding carboxylic acids is 1. The van der Waals surface area contributed by atoms with Gasteiger partial charge in [-0.25, -0.2) is 9.78 Å². The summed E-state index contributed by atoms with van der Waals surface area (Å²) in [5.74, 6) is -2.94. The van der Waals surface area contributed by atoms with Crippen molar-refractivity contribution in [2.75, 3.05) is 20.6 Å². The Morgan fingerprint density at radius 2 is 1.81 bits per heavy atom. The molecule has 8 nitrogen and oxygen atoms in total. The molecule has 0 radical (unpaired) electrons. The van der Waals surface area contributed by atoms with Crippen molar-refractivity contribution in [1.82, 2.24) is 25.4 Å². The Kier molecular flexibility index (Phi) is 7.70. The van der Waals surface area contributed by atoms with Crippen molar-refractivity contribution in [1.29, 1.82) is 0 Å². The second kappa shape index (κ2) is 10.0. The molecule has 166 valence electrons. The molecule has 1 amide bonds. The van der Waals surface area contributed by atoms with Crippen LogP contribution < -0.4 is 5.32 Å². The number of hydrogen-bond acceptors (Lipinski definition) is 5. The normalized spacial score (nSPS) is 12.2. The number of rotatable bonds is 5. The first-order chi connectivity index (χ1) is 14.5. The van der Waals surface area contributed by atoms with Crippen LogP contribution in [0, 0.1) is 6.92 Å². The summed E-state index contributed by atoms with van der Waals surface area (Å²) in [6.07, 6.45) is -3.42. The fraction of sp³-hybridized carbons (Fsp3) is 0.300. The first-order valence-electron chi connectivity index (χ1n) is 9.10. The smallest absolute Gasteiger partial charge is 0.475 e. The molecule has 0 aliphatic carbocycles. The van der Waals surface area contributed by atoms with Crippen molar-refractivity contribution >= 4 is 22.9 Å². The number of aromatic amines is 1. The maximum absolute atomic E-state index is 12.7. The van der Waals surface area contributed by atoms with Crippen LogP contribution >= 0.6 is 0 Å². The Labute approximate surface area is 176 Å². The van der Waals surface area contributed by atoms with Gasteiger partial charge in [0.15, 0.2) is 5.65 Å². The quantitative estimate of drug-likeness (QED) is 0.566. The van der Waals surface area contributed by atoms with E-state index in [0.29, 0.717) is 17.9 Å². The minimum atomic E-state index is -5.08. The molecule has 1 aromatic carbocycles. The largest absolute Gasteiger partial charge is 0.490 e. The lowest BCUT2D eigenvalue weighted by Crippen LogP contribution is -2.35. The third kappa shape index (κ3) is 6.78. The zero-order valence-corrected chi connectivity index (χ0v) is 17.1. The van der Waals surface area contributed by atoms with Crippen LogP contribution in [-0.2, 0) is 4.79 Å². The Balaban J connectivity index is 0.000000423. The Morgan fingerprint density at radius 3 is 2.35 bits per heavy atom. The van der Waals surface area contributed by atoms with E-state index in [0.717, 1.165) is 10.9 Å². The third-order valence-corrected chi connectivity index (χ3v) is 4.13. The van der Waals surface area contributed by atoms with Gasteiger partial charge in [-0.15, -0.1) is 0 Å². The summed E-state index contributed by atoms with van der Waals surface area (Å²) in [6, 6.07) is 11.7. The molecule has 3 aromatic rings. The number of alkyl halides is 3. The fourth-order valence-electron chi connectivity index (χ4n) is 2.65. The van der Waals surface area contributed by atoms with Gasteiger partial charge in [-0.2, -0.15) is 18.3 Å². The molecule has 31 heavy (non-hydrogen) atoms. The molecule has 1 atom stereocenters. The average molecular weight is 437 g/mol. The molecule has 3 N–H and O–H groups in total. The summed E-state index contributed by atoms with van der Waals surface area (Å²) in [7, 11) is 3.98. The molecule has 3 rings (SSSR count). The number of fused-ring (bicyclic) bond motifs is 1. The van der Waals surface area contributed by atoms with Crippen LogP contribution in [0.4, 0.5) is 13.2 Å². The second-order valence-corrected chi connectivity index (χ2v) is 6.98. The summed E-state index contributed by atoms with van der Waals surface area (Å²) in [5, 5.41) is 17.8. The Bertz CT molecular complexity index is 1030. The van der Waals surface area contributed by atoms with Crippen molar-refractivity contribution in [3.05, 3.63) is 59.4 Å². The van der Waals surface area contributed by atoms with Crippen LogP contribution in [0.3, 0.4) is 0 Å². The number of aryl methyl sites for hydroxylation is 1. The van der Waals surface area contributed by atoms with Crippen LogP contribution in [0.15, 0.2) is 42.6 Å². The zero-order valence-electron chi connectivity index (χ0n) is 17.1. The van der Waals surface area contributed by atoms with E-state index in [1.807, 2.05) is 27.1 Å². The van der Waals surface area contributed by atoms with E-state index < -0.39 is 12.1 Å². The molecule has 0 saturated carbocycles. The maximum Gasteiger partial charge on any atom is 0.490 e. The van der Waals surface area contributed by atoms with E-state index in [1.54, 1.807) is 12.3 Å². The highest BCUT2D eigenvalue weighted by molar-refractivity contribution is 6.03. The first kappa shape index (κ1) is 23.8. The Morgan fingerprint density at radius 1 is 1.19 bits per heavy atom. The SMILES string of the molecule is Cc1ccc(C(CN(C)C)NC(=O)c2[nH]nc3ncccc23)cc1.O=C(O)C(F)(F)F. The number of nitrogens with zero attached hydrogens (tertiary/aromatic N) is 3. The van der Waals surface area contributed by atoms with Gasteiger partial charge >= 0.3 is 12.1 Å². The number of benzene rings is 1. The summed E-state index contributed by atoms with van der Waals surface area (Å²) in [4.78, 5) is 27.8. The highest BCUT2D eigenvalue weighted by atomic mass is 19.4. The first-order valence-corrected chi connectivity index (χ1v) is 9.10. The molecule has 0 aliphatic heterocycles. The number of likely N-dealkylation sites (N-methyl/N-ethyl adjacent to an activating group) is 1. The number of halogens is 3. The standard InChI is InChI=1S/C18H21N5O.C2HF3O2/c1-12-6-8-13(9-7-12)15(11-23(2)3)20-18(24)16-14-5-4-10-19-17(14)22-21-16;3-2(4,5)1(6)7/h4-10,15H,11H2,1-3H3,(H,20,24)(H,19,21,22);(H,6,7). The van der Waals surface area contributed by atoms with Gasteiger partial charge in [-0.1, -0.05) is 29.8 Å². The van der Waals surface area contributed by atoms with E-state index in [1.165, 1.54) is 5.56 Å². The van der Waals surface area contributed by atoms with Crippen LogP contribution in [0.1, 0.15) is 27.7 Å². The summed E-state index contributed by atoms with van der Waals surface area (Å²) >= 11 is 0. The summed E-state index contributed by atoms with van der Waals surface area (Å²) < 4.78 is 31.7. The highest BCUT2D eigenvalue weighted by Gasteiger charge is 2.38. The van der Waals surface area contributed by atoms with E-state index in [-0.39, 0.29) is 11.9 Å². The van der Waals surface area contributed by atoms with E-state index >= 15 is 0 Å². The predicted molar refractivity (Wildman–Crippen MR) is 108 cm³/mol. The molecule has 1 unspecified atom stereocenters. The van der Waals surface area contributed by atoms with Crippen LogP contribution in [-0.4, -0.2) is 63.9 Å². The summed E-state index contributed by atoms with van der Waals surface area (Å²) in [6.45, 7) is 2.76. The number of amides is 1. The Hall–Kier alpha value is -3.47. The maximum atomic E-state index is 12.7. The second-order valence-electron chi connectivity index (χ2n) is 6.98. The van der Waals surface area contributed by atoms with E-state index in [2.05, 4.69) is 49.7 Å². The van der Waals surface area contributed by atoms with Gasteiger partial charge in [-0.05, 0) is 38.7 Å². The predicted octanol–water partition coefficient (Wildman–Crippen LogP) is 2.93. The molecule has 2 heterocycles. The zero-order chi connectivity index (χ0) is 23.2. The van der Waals surface area contributed by atoms with Crippen molar-refractivity contribution in [3.63, 3.8) is 0 Å². The lowest BCUT2D eigenvalue weighted by molar-refractivity contribution is -0.192. The van der Waals surface area contributed by atoms with E-state index in [9.17, 15) is 18.0 Å². The topological polar surface area (TPSA) is 111 Å². The number of pyridine rings is 1. The lowest BCUT2D eigenvalue weighted by Gasteiger charge is -2.22. The number of nitrogens with one attached hydrogen (secondary N) is 2. The number of H-pyrrole nitrogens is 1. The van der Waals surface area contributed by atoms with Crippen LogP contribution in [0.2, 0.25) is 0 Å². The monoisotopic (exact) mass is 437 g/mol.